The van der Waals surface area contributed by atoms with E-state index < -0.39 is 0 Å². The number of thioether (sulfide) groups is 1. The third-order valence-electron chi connectivity index (χ3n) is 5.05. The van der Waals surface area contributed by atoms with Crippen LogP contribution in [0.1, 0.15) is 34.9 Å². The molecule has 1 saturated heterocycles. The van der Waals surface area contributed by atoms with Crippen LogP contribution in [0.5, 0.6) is 5.75 Å². The molecule has 3 aromatic rings. The zero-order valence-electron chi connectivity index (χ0n) is 16.4. The van der Waals surface area contributed by atoms with Crippen LogP contribution in [-0.4, -0.2) is 52.4 Å². The molecule has 1 amide bonds. The van der Waals surface area contributed by atoms with Gasteiger partial charge in [-0.2, -0.15) is 4.98 Å². The second-order valence-electron chi connectivity index (χ2n) is 6.81. The second kappa shape index (κ2) is 8.65. The molecule has 4 rings (SSSR count). The summed E-state index contributed by atoms with van der Waals surface area (Å²) >= 11 is 1.48. The number of methoxy groups -OCH3 is 1. The minimum absolute atomic E-state index is 0.000553. The maximum atomic E-state index is 13.1. The number of nitrogens with zero attached hydrogens (tertiary/aromatic N) is 4. The van der Waals surface area contributed by atoms with Crippen LogP contribution in [0, 0.1) is 0 Å². The molecule has 0 N–H and O–H groups in total. The Morgan fingerprint density at radius 1 is 1.28 bits per heavy atom. The van der Waals surface area contributed by atoms with Gasteiger partial charge in [-0.15, -0.1) is 11.8 Å². The standard InChI is InChI=1S/C21H22N4O3S/c1-27-17-10-4-3-8-15(17)19-23-18(24-28-19)14-7-6-12-25(13-14)21(26)16-9-5-11-22-20(16)29-2/h3-5,8-11,14H,6-7,12-13H2,1-2H3. The van der Waals surface area contributed by atoms with Crippen molar-refractivity contribution in [1.82, 2.24) is 20.0 Å². The number of hydrogen-bond acceptors (Lipinski definition) is 7. The first-order valence-corrected chi connectivity index (χ1v) is 10.7. The van der Waals surface area contributed by atoms with Crippen molar-refractivity contribution in [2.75, 3.05) is 26.5 Å². The number of benzene rings is 1. The summed E-state index contributed by atoms with van der Waals surface area (Å²) in [6, 6.07) is 11.2. The predicted molar refractivity (Wildman–Crippen MR) is 110 cm³/mol. The highest BCUT2D eigenvalue weighted by molar-refractivity contribution is 7.98. The van der Waals surface area contributed by atoms with E-state index in [1.165, 1.54) is 11.8 Å². The zero-order valence-corrected chi connectivity index (χ0v) is 17.2. The Balaban J connectivity index is 1.53. The third kappa shape index (κ3) is 3.98. The number of amides is 1. The summed E-state index contributed by atoms with van der Waals surface area (Å²) in [5, 5.41) is 4.94. The number of para-hydroxylation sites is 1. The van der Waals surface area contributed by atoms with Gasteiger partial charge in [-0.3, -0.25) is 4.79 Å². The fraction of sp³-hybridized carbons (Fsp3) is 0.333. The number of likely N-dealkylation sites (tertiary alicyclic amines) is 1. The Bertz CT molecular complexity index is 1010. The molecule has 1 aromatic carbocycles. The average molecular weight is 410 g/mol. The summed E-state index contributed by atoms with van der Waals surface area (Å²) in [6.45, 7) is 1.28. The number of carbonyl (C=O) groups is 1. The summed E-state index contributed by atoms with van der Waals surface area (Å²) < 4.78 is 10.9. The maximum Gasteiger partial charge on any atom is 0.261 e. The highest BCUT2D eigenvalue weighted by atomic mass is 32.2. The molecule has 0 aliphatic carbocycles. The highest BCUT2D eigenvalue weighted by Gasteiger charge is 2.30. The Morgan fingerprint density at radius 2 is 2.14 bits per heavy atom. The fourth-order valence-corrected chi connectivity index (χ4v) is 4.13. The van der Waals surface area contributed by atoms with Gasteiger partial charge in [0, 0.05) is 25.2 Å². The van der Waals surface area contributed by atoms with Gasteiger partial charge in [0.15, 0.2) is 5.82 Å². The minimum Gasteiger partial charge on any atom is -0.496 e. The molecule has 2 aromatic heterocycles. The lowest BCUT2D eigenvalue weighted by Crippen LogP contribution is -2.39. The van der Waals surface area contributed by atoms with Crippen LogP contribution in [-0.2, 0) is 0 Å². The summed E-state index contributed by atoms with van der Waals surface area (Å²) in [4.78, 5) is 23.8. The number of piperidine rings is 1. The number of hydrogen-bond donors (Lipinski definition) is 0. The summed E-state index contributed by atoms with van der Waals surface area (Å²) in [7, 11) is 1.61. The van der Waals surface area contributed by atoms with Gasteiger partial charge in [-0.25, -0.2) is 4.98 Å². The van der Waals surface area contributed by atoms with Crippen LogP contribution >= 0.6 is 11.8 Å². The van der Waals surface area contributed by atoms with E-state index in [1.54, 1.807) is 19.4 Å². The smallest absolute Gasteiger partial charge is 0.261 e. The van der Waals surface area contributed by atoms with E-state index in [4.69, 9.17) is 9.26 Å². The molecular weight excluding hydrogens is 388 g/mol. The molecule has 0 bridgehead atoms. The van der Waals surface area contributed by atoms with Crippen molar-refractivity contribution in [3.8, 4) is 17.2 Å². The van der Waals surface area contributed by atoms with Gasteiger partial charge in [0.05, 0.1) is 18.2 Å². The first kappa shape index (κ1) is 19.4. The predicted octanol–water partition coefficient (Wildman–Crippen LogP) is 3.88. The van der Waals surface area contributed by atoms with Crippen LogP contribution in [0.15, 0.2) is 52.1 Å². The van der Waals surface area contributed by atoms with Crippen molar-refractivity contribution in [2.24, 2.45) is 0 Å². The van der Waals surface area contributed by atoms with Gasteiger partial charge in [0.2, 0.25) is 0 Å². The highest BCUT2D eigenvalue weighted by Crippen LogP contribution is 2.32. The minimum atomic E-state index is 0.000553. The number of ether oxygens (including phenoxy) is 1. The molecule has 0 radical (unpaired) electrons. The Kier molecular flexibility index (Phi) is 5.80. The summed E-state index contributed by atoms with van der Waals surface area (Å²) in [5.74, 6) is 1.77. The summed E-state index contributed by atoms with van der Waals surface area (Å²) in [6.07, 6.45) is 5.44. The van der Waals surface area contributed by atoms with E-state index in [1.807, 2.05) is 41.5 Å². The van der Waals surface area contributed by atoms with Crippen molar-refractivity contribution in [3.05, 3.63) is 54.0 Å². The van der Waals surface area contributed by atoms with Gasteiger partial charge in [0.25, 0.3) is 11.8 Å². The maximum absolute atomic E-state index is 13.1. The third-order valence-corrected chi connectivity index (χ3v) is 5.76. The molecule has 1 aliphatic rings. The van der Waals surface area contributed by atoms with Gasteiger partial charge in [0.1, 0.15) is 10.8 Å². The monoisotopic (exact) mass is 410 g/mol. The van der Waals surface area contributed by atoms with Crippen molar-refractivity contribution < 1.29 is 14.1 Å². The van der Waals surface area contributed by atoms with Crippen molar-refractivity contribution in [3.63, 3.8) is 0 Å². The largest absolute Gasteiger partial charge is 0.496 e. The topological polar surface area (TPSA) is 81.4 Å². The molecule has 7 nitrogen and oxygen atoms in total. The Labute approximate surface area is 173 Å². The molecule has 29 heavy (non-hydrogen) atoms. The molecule has 1 fully saturated rings. The van der Waals surface area contributed by atoms with Gasteiger partial charge in [-0.05, 0) is 43.4 Å². The van der Waals surface area contributed by atoms with Gasteiger partial charge >= 0.3 is 0 Å². The SMILES string of the molecule is COc1ccccc1-c1nc(C2CCCN(C(=O)c3cccnc3SC)C2)no1. The van der Waals surface area contributed by atoms with E-state index in [0.717, 1.165) is 30.0 Å². The molecule has 8 heteroatoms. The number of rotatable bonds is 5. The Morgan fingerprint density at radius 3 is 2.97 bits per heavy atom. The van der Waals surface area contributed by atoms with Gasteiger partial charge in [-0.1, -0.05) is 17.3 Å². The van der Waals surface area contributed by atoms with Crippen LogP contribution < -0.4 is 4.74 Å². The molecule has 3 heterocycles. The molecule has 0 saturated carbocycles. The zero-order chi connectivity index (χ0) is 20.2. The first-order valence-electron chi connectivity index (χ1n) is 9.46. The van der Waals surface area contributed by atoms with E-state index in [-0.39, 0.29) is 11.8 Å². The average Bonchev–Trinajstić information content (AvgIpc) is 3.29. The van der Waals surface area contributed by atoms with Crippen molar-refractivity contribution in [2.45, 2.75) is 23.8 Å². The van der Waals surface area contributed by atoms with Crippen LogP contribution in [0.2, 0.25) is 0 Å². The lowest BCUT2D eigenvalue weighted by Gasteiger charge is -2.31. The lowest BCUT2D eigenvalue weighted by molar-refractivity contribution is 0.0699. The molecule has 1 unspecified atom stereocenters. The van der Waals surface area contributed by atoms with Crippen LogP contribution in [0.25, 0.3) is 11.5 Å². The molecule has 1 aliphatic heterocycles. The second-order valence-corrected chi connectivity index (χ2v) is 7.60. The van der Waals surface area contributed by atoms with Crippen molar-refractivity contribution in [1.29, 1.82) is 0 Å². The molecular formula is C21H22N4O3S. The normalized spacial score (nSPS) is 16.6. The van der Waals surface area contributed by atoms with Crippen LogP contribution in [0.3, 0.4) is 0 Å². The Hall–Kier alpha value is -2.87. The fourth-order valence-electron chi connectivity index (χ4n) is 3.59. The quantitative estimate of drug-likeness (QED) is 0.590. The van der Waals surface area contributed by atoms with Crippen molar-refractivity contribution >= 4 is 17.7 Å². The van der Waals surface area contributed by atoms with E-state index in [0.29, 0.717) is 29.6 Å². The first-order chi connectivity index (χ1) is 14.2. The summed E-state index contributed by atoms with van der Waals surface area (Å²) in [5.41, 5.74) is 1.40. The molecule has 150 valence electrons. The number of pyridine rings is 1. The molecule has 1 atom stereocenters. The lowest BCUT2D eigenvalue weighted by atomic mass is 9.97. The van der Waals surface area contributed by atoms with E-state index in [9.17, 15) is 4.79 Å². The van der Waals surface area contributed by atoms with Gasteiger partial charge < -0.3 is 14.2 Å². The van der Waals surface area contributed by atoms with E-state index >= 15 is 0 Å². The molecule has 0 spiro atoms. The number of aromatic nitrogens is 3. The van der Waals surface area contributed by atoms with E-state index in [2.05, 4.69) is 15.1 Å². The number of carbonyl (C=O) groups excluding carboxylic acids is 1. The van der Waals surface area contributed by atoms with Crippen LogP contribution in [0.4, 0.5) is 0 Å².